The highest BCUT2D eigenvalue weighted by molar-refractivity contribution is 5.84. The van der Waals surface area contributed by atoms with Crippen molar-refractivity contribution in [2.45, 2.75) is 13.5 Å². The van der Waals surface area contributed by atoms with Crippen LogP contribution >= 0.6 is 0 Å². The summed E-state index contributed by atoms with van der Waals surface area (Å²) in [4.78, 5) is 16.7. The van der Waals surface area contributed by atoms with Crippen LogP contribution in [0.3, 0.4) is 0 Å². The Hall–Kier alpha value is -2.99. The summed E-state index contributed by atoms with van der Waals surface area (Å²) >= 11 is 0. The Bertz CT molecular complexity index is 1030. The molecule has 0 aliphatic carbocycles. The van der Waals surface area contributed by atoms with E-state index in [4.69, 9.17) is 9.15 Å². The normalized spacial score (nSPS) is 15.1. The molecule has 1 fully saturated rings. The first kappa shape index (κ1) is 18.4. The van der Waals surface area contributed by atoms with Crippen molar-refractivity contribution in [3.63, 3.8) is 0 Å². The number of rotatable bonds is 4. The number of aryl methyl sites for hydroxylation is 1. The second-order valence-corrected chi connectivity index (χ2v) is 7.14. The molecule has 0 unspecified atom stereocenters. The fraction of sp³-hybridized carbons (Fsp3) is 0.318. The first-order valence-electron chi connectivity index (χ1n) is 9.42. The minimum absolute atomic E-state index is 0.140. The van der Waals surface area contributed by atoms with Crippen molar-refractivity contribution in [3.8, 4) is 11.5 Å². The van der Waals surface area contributed by atoms with Gasteiger partial charge in [0.2, 0.25) is 0 Å². The average Bonchev–Trinajstić information content (AvgIpc) is 2.72. The standard InChI is InChI=1S/C22H24N2O4/c1-15-20(25)8-7-19-16(13-21(26)28-22(15)19)14-23-9-11-24(12-10-23)17-3-5-18(27-2)6-4-17/h3-8,13,25H,9-12,14H2,1-2H3. The molecule has 0 amide bonds. The molecule has 146 valence electrons. The lowest BCUT2D eigenvalue weighted by Gasteiger charge is -2.36. The fourth-order valence-corrected chi connectivity index (χ4v) is 3.74. The maximum atomic E-state index is 12.0. The smallest absolute Gasteiger partial charge is 0.336 e. The SMILES string of the molecule is COc1ccc(N2CCN(Cc3cc(=O)oc4c(C)c(O)ccc34)CC2)cc1. The van der Waals surface area contributed by atoms with Gasteiger partial charge in [-0.3, -0.25) is 4.90 Å². The zero-order valence-corrected chi connectivity index (χ0v) is 16.1. The topological polar surface area (TPSA) is 66.2 Å². The monoisotopic (exact) mass is 380 g/mol. The lowest BCUT2D eigenvalue weighted by Crippen LogP contribution is -2.46. The maximum Gasteiger partial charge on any atom is 0.336 e. The number of phenolic OH excluding ortho intramolecular Hbond substituents is 1. The quantitative estimate of drug-likeness (QED) is 0.702. The summed E-state index contributed by atoms with van der Waals surface area (Å²) in [5.41, 5.74) is 2.82. The molecule has 6 nitrogen and oxygen atoms in total. The number of ether oxygens (including phenoxy) is 1. The van der Waals surface area contributed by atoms with Crippen molar-refractivity contribution in [2.24, 2.45) is 0 Å². The number of nitrogens with zero attached hydrogens (tertiary/aromatic N) is 2. The van der Waals surface area contributed by atoms with Crippen LogP contribution in [0.4, 0.5) is 5.69 Å². The molecular formula is C22H24N2O4. The minimum atomic E-state index is -0.381. The molecule has 2 heterocycles. The van der Waals surface area contributed by atoms with E-state index < -0.39 is 0 Å². The van der Waals surface area contributed by atoms with Gasteiger partial charge in [0.25, 0.3) is 0 Å². The number of benzene rings is 2. The van der Waals surface area contributed by atoms with Gasteiger partial charge in [-0.05, 0) is 48.9 Å². The van der Waals surface area contributed by atoms with Gasteiger partial charge in [-0.25, -0.2) is 4.79 Å². The molecule has 2 aromatic carbocycles. The molecule has 6 heteroatoms. The van der Waals surface area contributed by atoms with Crippen LogP contribution in [0.5, 0.6) is 11.5 Å². The molecule has 0 bridgehead atoms. The van der Waals surface area contributed by atoms with Gasteiger partial charge in [-0.2, -0.15) is 0 Å². The van der Waals surface area contributed by atoms with E-state index in [-0.39, 0.29) is 11.4 Å². The molecule has 1 aliphatic rings. The molecule has 3 aromatic rings. The Morgan fingerprint density at radius 2 is 1.79 bits per heavy atom. The van der Waals surface area contributed by atoms with Crippen molar-refractivity contribution < 1.29 is 14.3 Å². The third kappa shape index (κ3) is 3.55. The van der Waals surface area contributed by atoms with Crippen LogP contribution in [0.2, 0.25) is 0 Å². The summed E-state index contributed by atoms with van der Waals surface area (Å²) in [5.74, 6) is 0.999. The van der Waals surface area contributed by atoms with Gasteiger partial charge in [0, 0.05) is 55.4 Å². The molecule has 0 atom stereocenters. The molecule has 28 heavy (non-hydrogen) atoms. The Labute approximate surface area is 163 Å². The summed E-state index contributed by atoms with van der Waals surface area (Å²) in [6.07, 6.45) is 0. The van der Waals surface area contributed by atoms with Crippen LogP contribution in [0.15, 0.2) is 51.7 Å². The molecule has 1 aliphatic heterocycles. The van der Waals surface area contributed by atoms with E-state index in [1.807, 2.05) is 18.2 Å². The van der Waals surface area contributed by atoms with Gasteiger partial charge in [0.1, 0.15) is 17.1 Å². The summed E-state index contributed by atoms with van der Waals surface area (Å²) < 4.78 is 10.6. The Morgan fingerprint density at radius 1 is 1.07 bits per heavy atom. The zero-order chi connectivity index (χ0) is 19.7. The van der Waals surface area contributed by atoms with Crippen LogP contribution < -0.4 is 15.3 Å². The number of phenols is 1. The molecule has 0 spiro atoms. The molecule has 0 saturated carbocycles. The molecular weight excluding hydrogens is 356 g/mol. The number of hydrogen-bond donors (Lipinski definition) is 1. The van der Waals surface area contributed by atoms with Gasteiger partial charge >= 0.3 is 5.63 Å². The number of hydrogen-bond acceptors (Lipinski definition) is 6. The fourth-order valence-electron chi connectivity index (χ4n) is 3.74. The van der Waals surface area contributed by atoms with E-state index in [1.54, 1.807) is 26.2 Å². The van der Waals surface area contributed by atoms with E-state index in [0.29, 0.717) is 17.7 Å². The summed E-state index contributed by atoms with van der Waals surface area (Å²) in [6.45, 7) is 6.10. The minimum Gasteiger partial charge on any atom is -0.508 e. The highest BCUT2D eigenvalue weighted by Crippen LogP contribution is 2.28. The Kier molecular flexibility index (Phi) is 4.96. The van der Waals surface area contributed by atoms with Crippen molar-refractivity contribution in [1.82, 2.24) is 4.90 Å². The number of fused-ring (bicyclic) bond motifs is 1. The van der Waals surface area contributed by atoms with E-state index in [1.165, 1.54) is 5.69 Å². The van der Waals surface area contributed by atoms with Crippen molar-refractivity contribution in [1.29, 1.82) is 0 Å². The first-order chi connectivity index (χ1) is 13.5. The number of piperazine rings is 1. The van der Waals surface area contributed by atoms with E-state index in [0.717, 1.165) is 42.9 Å². The van der Waals surface area contributed by atoms with Gasteiger partial charge in [-0.1, -0.05) is 0 Å². The third-order valence-electron chi connectivity index (χ3n) is 5.42. The maximum absolute atomic E-state index is 12.0. The summed E-state index contributed by atoms with van der Waals surface area (Å²) in [6, 6.07) is 13.2. The van der Waals surface area contributed by atoms with Crippen molar-refractivity contribution in [3.05, 3.63) is 64.0 Å². The first-order valence-corrected chi connectivity index (χ1v) is 9.42. The summed E-state index contributed by atoms with van der Waals surface area (Å²) in [5, 5.41) is 10.8. The Balaban J connectivity index is 1.49. The van der Waals surface area contributed by atoms with Crippen LogP contribution in [0.25, 0.3) is 11.0 Å². The highest BCUT2D eigenvalue weighted by atomic mass is 16.5. The molecule has 4 rings (SSSR count). The predicted molar refractivity (Wildman–Crippen MR) is 109 cm³/mol. The lowest BCUT2D eigenvalue weighted by atomic mass is 10.1. The number of methoxy groups -OCH3 is 1. The predicted octanol–water partition coefficient (Wildman–Crippen LogP) is 3.14. The molecule has 1 aromatic heterocycles. The molecule has 0 radical (unpaired) electrons. The Morgan fingerprint density at radius 3 is 2.46 bits per heavy atom. The van der Waals surface area contributed by atoms with Crippen LogP contribution in [-0.4, -0.2) is 43.3 Å². The van der Waals surface area contributed by atoms with Gasteiger partial charge in [-0.15, -0.1) is 0 Å². The number of aromatic hydroxyl groups is 1. The van der Waals surface area contributed by atoms with Crippen molar-refractivity contribution >= 4 is 16.7 Å². The third-order valence-corrected chi connectivity index (χ3v) is 5.42. The lowest BCUT2D eigenvalue weighted by molar-refractivity contribution is 0.250. The second kappa shape index (κ2) is 7.56. The highest BCUT2D eigenvalue weighted by Gasteiger charge is 2.19. The van der Waals surface area contributed by atoms with Gasteiger partial charge in [0.15, 0.2) is 0 Å². The number of anilines is 1. The van der Waals surface area contributed by atoms with Crippen LogP contribution in [0, 0.1) is 6.92 Å². The molecule has 1 N–H and O–H groups in total. The average molecular weight is 380 g/mol. The van der Waals surface area contributed by atoms with Gasteiger partial charge < -0.3 is 19.2 Å². The largest absolute Gasteiger partial charge is 0.508 e. The van der Waals surface area contributed by atoms with E-state index >= 15 is 0 Å². The second-order valence-electron chi connectivity index (χ2n) is 7.14. The zero-order valence-electron chi connectivity index (χ0n) is 16.1. The van der Waals surface area contributed by atoms with Crippen molar-refractivity contribution in [2.75, 3.05) is 38.2 Å². The van der Waals surface area contributed by atoms with E-state index in [9.17, 15) is 9.90 Å². The molecule has 1 saturated heterocycles. The van der Waals surface area contributed by atoms with Crippen LogP contribution in [-0.2, 0) is 6.54 Å². The van der Waals surface area contributed by atoms with Crippen LogP contribution in [0.1, 0.15) is 11.1 Å². The van der Waals surface area contributed by atoms with Gasteiger partial charge in [0.05, 0.1) is 7.11 Å². The van der Waals surface area contributed by atoms with E-state index in [2.05, 4.69) is 21.9 Å². The summed E-state index contributed by atoms with van der Waals surface area (Å²) in [7, 11) is 1.67.